The Balaban J connectivity index is 1.22. The molecule has 1 amide bonds. The fourth-order valence-electron chi connectivity index (χ4n) is 4.48. The number of nitrogens with zero attached hydrogens (tertiary/aromatic N) is 2. The molecule has 7 heteroatoms. The minimum absolute atomic E-state index is 0.354. The molecule has 0 fully saturated rings. The van der Waals surface area contributed by atoms with Crippen LogP contribution in [0, 0.1) is 6.92 Å². The van der Waals surface area contributed by atoms with Crippen LogP contribution in [-0.2, 0) is 9.53 Å². The molecule has 0 spiro atoms. The molecule has 0 unspecified atom stereocenters. The fourth-order valence-corrected chi connectivity index (χ4v) is 5.22. The van der Waals surface area contributed by atoms with E-state index in [4.69, 9.17) is 9.72 Å². The van der Waals surface area contributed by atoms with Crippen LogP contribution in [0.5, 0.6) is 0 Å². The van der Waals surface area contributed by atoms with Gasteiger partial charge in [-0.15, -0.1) is 11.3 Å². The second kappa shape index (κ2) is 10.5. The molecule has 6 aromatic rings. The minimum atomic E-state index is -0.593. The Morgan fingerprint density at radius 1 is 0.821 bits per heavy atom. The van der Waals surface area contributed by atoms with E-state index >= 15 is 0 Å². The number of pyridine rings is 1. The van der Waals surface area contributed by atoms with Crippen molar-refractivity contribution in [3.8, 4) is 22.5 Å². The molecule has 0 radical (unpaired) electrons. The first kappa shape index (κ1) is 24.5. The average Bonchev–Trinajstić information content (AvgIpc) is 3.43. The summed E-state index contributed by atoms with van der Waals surface area (Å²) in [6, 6.07) is 31.2. The monoisotopic (exact) mass is 529 g/mol. The second-order valence-corrected chi connectivity index (χ2v) is 9.99. The van der Waals surface area contributed by atoms with Crippen molar-refractivity contribution < 1.29 is 14.3 Å². The van der Waals surface area contributed by atoms with E-state index in [1.807, 2.05) is 103 Å². The summed E-state index contributed by atoms with van der Waals surface area (Å²) < 4.78 is 5.45. The normalized spacial score (nSPS) is 11.0. The van der Waals surface area contributed by atoms with Gasteiger partial charge >= 0.3 is 5.97 Å². The predicted molar refractivity (Wildman–Crippen MR) is 156 cm³/mol. The van der Waals surface area contributed by atoms with E-state index in [0.29, 0.717) is 27.3 Å². The lowest BCUT2D eigenvalue weighted by molar-refractivity contribution is -0.119. The van der Waals surface area contributed by atoms with Crippen molar-refractivity contribution in [3.05, 3.63) is 114 Å². The summed E-state index contributed by atoms with van der Waals surface area (Å²) in [5.41, 5.74) is 5.51. The smallest absolute Gasteiger partial charge is 0.339 e. The maximum absolute atomic E-state index is 13.2. The average molecular weight is 530 g/mol. The summed E-state index contributed by atoms with van der Waals surface area (Å²) >= 11 is 1.32. The molecular weight excluding hydrogens is 506 g/mol. The molecule has 0 aliphatic rings. The Bertz CT molecular complexity index is 1840. The highest BCUT2D eigenvalue weighted by Gasteiger charge is 2.18. The quantitative estimate of drug-likeness (QED) is 0.229. The van der Waals surface area contributed by atoms with E-state index in [9.17, 15) is 9.59 Å². The molecule has 0 atom stereocenters. The fraction of sp³-hybridized carbons (Fsp3) is 0.0625. The van der Waals surface area contributed by atoms with Crippen molar-refractivity contribution in [1.82, 2.24) is 9.97 Å². The number of aryl methyl sites for hydroxylation is 1. The third kappa shape index (κ3) is 5.12. The molecular formula is C32H23N3O3S. The lowest BCUT2D eigenvalue weighted by Gasteiger charge is -2.11. The zero-order valence-electron chi connectivity index (χ0n) is 21.0. The van der Waals surface area contributed by atoms with Gasteiger partial charge in [0.05, 0.1) is 22.5 Å². The third-order valence-electron chi connectivity index (χ3n) is 6.43. The summed E-state index contributed by atoms with van der Waals surface area (Å²) in [5, 5.41) is 7.83. The van der Waals surface area contributed by atoms with E-state index < -0.39 is 18.5 Å². The number of para-hydroxylation sites is 1. The van der Waals surface area contributed by atoms with Crippen LogP contribution in [0.15, 0.2) is 102 Å². The van der Waals surface area contributed by atoms with Crippen LogP contribution in [0.4, 0.5) is 5.13 Å². The predicted octanol–water partition coefficient (Wildman–Crippen LogP) is 7.28. The van der Waals surface area contributed by atoms with Gasteiger partial charge in [-0.1, -0.05) is 90.5 Å². The molecule has 0 bridgehead atoms. The summed E-state index contributed by atoms with van der Waals surface area (Å²) in [6.07, 6.45) is 0. The Morgan fingerprint density at radius 2 is 1.56 bits per heavy atom. The molecule has 0 saturated heterocycles. The number of hydrogen-bond donors (Lipinski definition) is 1. The molecule has 0 aliphatic carbocycles. The van der Waals surface area contributed by atoms with Crippen LogP contribution in [0.3, 0.4) is 0 Å². The van der Waals surface area contributed by atoms with E-state index in [2.05, 4.69) is 10.3 Å². The number of ether oxygens (including phenoxy) is 1. The molecule has 2 aromatic heterocycles. The number of amides is 1. The zero-order chi connectivity index (χ0) is 26.8. The molecule has 6 rings (SSSR count). The van der Waals surface area contributed by atoms with E-state index in [1.54, 1.807) is 6.07 Å². The summed E-state index contributed by atoms with van der Waals surface area (Å²) in [5.74, 6) is -1.05. The first-order valence-corrected chi connectivity index (χ1v) is 13.3. The van der Waals surface area contributed by atoms with Crippen LogP contribution in [0.25, 0.3) is 44.2 Å². The number of carbonyl (C=O) groups excluding carboxylic acids is 2. The van der Waals surface area contributed by atoms with Gasteiger partial charge in [0.25, 0.3) is 5.91 Å². The largest absolute Gasteiger partial charge is 0.452 e. The van der Waals surface area contributed by atoms with Gasteiger partial charge in [0, 0.05) is 21.9 Å². The Labute approximate surface area is 228 Å². The molecule has 0 aliphatic heterocycles. The van der Waals surface area contributed by atoms with Crippen molar-refractivity contribution >= 4 is 50.0 Å². The van der Waals surface area contributed by atoms with Crippen LogP contribution >= 0.6 is 11.3 Å². The summed E-state index contributed by atoms with van der Waals surface area (Å²) in [4.78, 5) is 35.2. The van der Waals surface area contributed by atoms with E-state index in [0.717, 1.165) is 33.2 Å². The Hall–Kier alpha value is -4.88. The van der Waals surface area contributed by atoms with Crippen molar-refractivity contribution in [1.29, 1.82) is 0 Å². The number of hydrogen-bond acceptors (Lipinski definition) is 6. The second-order valence-electron chi connectivity index (χ2n) is 9.13. The maximum atomic E-state index is 13.2. The highest BCUT2D eigenvalue weighted by molar-refractivity contribution is 7.14. The van der Waals surface area contributed by atoms with Gasteiger partial charge < -0.3 is 4.74 Å². The first-order valence-electron chi connectivity index (χ1n) is 12.4. The topological polar surface area (TPSA) is 81.2 Å². The van der Waals surface area contributed by atoms with Crippen molar-refractivity contribution in [3.63, 3.8) is 0 Å². The Morgan fingerprint density at radius 3 is 2.41 bits per heavy atom. The van der Waals surface area contributed by atoms with Gasteiger partial charge in [0.15, 0.2) is 11.7 Å². The third-order valence-corrected chi connectivity index (χ3v) is 7.19. The zero-order valence-corrected chi connectivity index (χ0v) is 21.9. The van der Waals surface area contributed by atoms with Gasteiger partial charge in [0.2, 0.25) is 0 Å². The van der Waals surface area contributed by atoms with Crippen LogP contribution in [0.2, 0.25) is 0 Å². The number of benzene rings is 4. The Kier molecular flexibility index (Phi) is 6.57. The lowest BCUT2D eigenvalue weighted by Crippen LogP contribution is -2.21. The van der Waals surface area contributed by atoms with Gasteiger partial charge in [-0.2, -0.15) is 0 Å². The lowest BCUT2D eigenvalue weighted by atomic mass is 9.99. The number of carbonyl (C=O) groups is 2. The number of aromatic nitrogens is 2. The number of esters is 1. The standard InChI is InChI=1S/C32H23N3O3S/c1-20-13-15-22(16-14-20)29-19-39-32(34-29)35-30(36)18-38-31(37)26-17-28(33-27-12-5-4-10-25(26)27)24-11-6-8-21-7-2-3-9-23(21)24/h2-17,19H,18H2,1H3,(H,34,35,36). The van der Waals surface area contributed by atoms with E-state index in [1.165, 1.54) is 11.3 Å². The molecule has 4 aromatic carbocycles. The summed E-state index contributed by atoms with van der Waals surface area (Å²) in [6.45, 7) is 1.59. The van der Waals surface area contributed by atoms with Crippen molar-refractivity contribution in [2.45, 2.75) is 6.92 Å². The minimum Gasteiger partial charge on any atom is -0.452 e. The first-order chi connectivity index (χ1) is 19.0. The van der Waals surface area contributed by atoms with Gasteiger partial charge in [-0.25, -0.2) is 14.8 Å². The number of fused-ring (bicyclic) bond motifs is 2. The summed E-state index contributed by atoms with van der Waals surface area (Å²) in [7, 11) is 0. The highest BCUT2D eigenvalue weighted by atomic mass is 32.1. The van der Waals surface area contributed by atoms with Gasteiger partial charge in [-0.3, -0.25) is 10.1 Å². The van der Waals surface area contributed by atoms with E-state index in [-0.39, 0.29) is 0 Å². The molecule has 1 N–H and O–H groups in total. The number of nitrogens with one attached hydrogen (secondary N) is 1. The molecule has 6 nitrogen and oxygen atoms in total. The van der Waals surface area contributed by atoms with Crippen molar-refractivity contribution in [2.75, 3.05) is 11.9 Å². The number of rotatable bonds is 6. The maximum Gasteiger partial charge on any atom is 0.339 e. The molecule has 39 heavy (non-hydrogen) atoms. The molecule has 2 heterocycles. The van der Waals surface area contributed by atoms with Crippen LogP contribution in [-0.4, -0.2) is 28.5 Å². The number of thiazole rings is 1. The SMILES string of the molecule is Cc1ccc(-c2csc(NC(=O)COC(=O)c3cc(-c4cccc5ccccc45)nc4ccccc34)n2)cc1. The highest BCUT2D eigenvalue weighted by Crippen LogP contribution is 2.31. The van der Waals surface area contributed by atoms with Crippen LogP contribution < -0.4 is 5.32 Å². The van der Waals surface area contributed by atoms with Gasteiger partial charge in [0.1, 0.15) is 0 Å². The van der Waals surface area contributed by atoms with Crippen LogP contribution in [0.1, 0.15) is 15.9 Å². The number of anilines is 1. The molecule has 190 valence electrons. The molecule has 0 saturated carbocycles. The van der Waals surface area contributed by atoms with Gasteiger partial charge in [-0.05, 0) is 29.8 Å². The van der Waals surface area contributed by atoms with Crippen molar-refractivity contribution in [2.24, 2.45) is 0 Å².